The normalized spacial score (nSPS) is 18.4. The van der Waals surface area contributed by atoms with Gasteiger partial charge in [-0.2, -0.15) is 4.72 Å². The first kappa shape index (κ1) is 22.6. The Kier molecular flexibility index (Phi) is 6.81. The third-order valence-electron chi connectivity index (χ3n) is 4.85. The van der Waals surface area contributed by atoms with Crippen LogP contribution in [0.4, 0.5) is 0 Å². The van der Waals surface area contributed by atoms with Gasteiger partial charge in [-0.1, -0.05) is 32.0 Å². The summed E-state index contributed by atoms with van der Waals surface area (Å²) >= 11 is 0. The van der Waals surface area contributed by atoms with E-state index in [-0.39, 0.29) is 24.3 Å². The topological polar surface area (TPSA) is 160 Å². The highest BCUT2D eigenvalue weighted by Crippen LogP contribution is 2.14. The van der Waals surface area contributed by atoms with E-state index in [1.165, 1.54) is 12.1 Å². The van der Waals surface area contributed by atoms with E-state index in [0.717, 1.165) is 0 Å². The summed E-state index contributed by atoms with van der Waals surface area (Å²) in [4.78, 5) is 37.6. The van der Waals surface area contributed by atoms with E-state index in [1.807, 2.05) is 0 Å². The number of sulfonamides is 1. The maximum absolute atomic E-state index is 12.9. The quantitative estimate of drug-likeness (QED) is 0.506. The van der Waals surface area contributed by atoms with Crippen molar-refractivity contribution in [2.24, 2.45) is 5.92 Å². The van der Waals surface area contributed by atoms with Crippen molar-refractivity contribution in [1.82, 2.24) is 25.7 Å². The average molecular weight is 449 g/mol. The van der Waals surface area contributed by atoms with E-state index in [9.17, 15) is 22.8 Å². The zero-order valence-corrected chi connectivity index (χ0v) is 17.8. The number of nitrogens with one attached hydrogen (secondary N) is 3. The molecule has 0 radical (unpaired) electrons. The summed E-state index contributed by atoms with van der Waals surface area (Å²) < 4.78 is 32.8. The number of hydrogen-bond acceptors (Lipinski definition) is 8. The van der Waals surface area contributed by atoms with Gasteiger partial charge in [-0.15, -0.1) is 5.10 Å². The molecule has 3 rings (SSSR count). The van der Waals surface area contributed by atoms with Gasteiger partial charge in [-0.05, 0) is 24.5 Å². The van der Waals surface area contributed by atoms with Crippen LogP contribution in [0.1, 0.15) is 31.7 Å². The van der Waals surface area contributed by atoms with Gasteiger partial charge in [0, 0.05) is 11.7 Å². The van der Waals surface area contributed by atoms with Crippen LogP contribution in [0.3, 0.4) is 0 Å². The molecule has 0 bridgehead atoms. The summed E-state index contributed by atoms with van der Waals surface area (Å²) in [5.41, 5.74) is 0.406. The van der Waals surface area contributed by atoms with Crippen molar-refractivity contribution in [2.75, 3.05) is 0 Å². The number of fused-ring (bicyclic) bond motifs is 1. The molecule has 1 aliphatic heterocycles. The summed E-state index contributed by atoms with van der Waals surface area (Å²) in [6.45, 7) is 3.32. The first-order valence-corrected chi connectivity index (χ1v) is 11.2. The van der Waals surface area contributed by atoms with Crippen LogP contribution in [0.5, 0.6) is 0 Å². The molecule has 2 atom stereocenters. The first-order valence-electron chi connectivity index (χ1n) is 9.69. The number of rotatable bonds is 6. The zero-order chi connectivity index (χ0) is 22.6. The number of nitrogens with zero attached hydrogens (tertiary/aromatic N) is 2. The number of hydrogen-bond donors (Lipinski definition) is 3. The molecule has 1 aromatic carbocycles. The van der Waals surface area contributed by atoms with E-state index < -0.39 is 45.6 Å². The van der Waals surface area contributed by atoms with Gasteiger partial charge in [-0.25, -0.2) is 8.42 Å². The molecule has 0 fully saturated rings. The van der Waals surface area contributed by atoms with Crippen LogP contribution in [0.15, 0.2) is 39.8 Å². The summed E-state index contributed by atoms with van der Waals surface area (Å²) in [5, 5.41) is 12.1. The van der Waals surface area contributed by atoms with E-state index in [2.05, 4.69) is 25.7 Å². The molecular weight excluding hydrogens is 426 g/mol. The average Bonchev–Trinajstić information content (AvgIpc) is 3.20. The van der Waals surface area contributed by atoms with Gasteiger partial charge >= 0.3 is 0 Å². The Labute approximate surface area is 179 Å². The maximum Gasteiger partial charge on any atom is 0.289 e. The summed E-state index contributed by atoms with van der Waals surface area (Å²) in [5.74, 6) is -2.45. The lowest BCUT2D eigenvalue weighted by atomic mass is 10.0. The Bertz CT molecular complexity index is 1070. The van der Waals surface area contributed by atoms with Gasteiger partial charge in [0.2, 0.25) is 21.7 Å². The molecule has 2 amide bonds. The van der Waals surface area contributed by atoms with Gasteiger partial charge in [0.15, 0.2) is 5.76 Å². The number of aromatic nitrogens is 2. The fourth-order valence-electron chi connectivity index (χ4n) is 3.09. The number of benzene rings is 1. The Morgan fingerprint density at radius 3 is 2.61 bits per heavy atom. The summed E-state index contributed by atoms with van der Waals surface area (Å²) in [6.07, 6.45) is 0.286. The summed E-state index contributed by atoms with van der Waals surface area (Å²) in [7, 11) is -3.97. The Morgan fingerprint density at radius 1 is 1.23 bits per heavy atom. The molecular formula is C19H23N5O6S. The van der Waals surface area contributed by atoms with Crippen molar-refractivity contribution in [1.29, 1.82) is 0 Å². The van der Waals surface area contributed by atoms with E-state index in [0.29, 0.717) is 11.5 Å². The van der Waals surface area contributed by atoms with Crippen LogP contribution < -0.4 is 15.4 Å². The molecule has 3 N–H and O–H groups in total. The highest BCUT2D eigenvalue weighted by molar-refractivity contribution is 7.89. The second-order valence-corrected chi connectivity index (χ2v) is 9.16. The third-order valence-corrected chi connectivity index (χ3v) is 6.31. The second-order valence-electron chi connectivity index (χ2n) is 7.45. The van der Waals surface area contributed by atoms with Crippen molar-refractivity contribution in [3.63, 3.8) is 0 Å². The van der Waals surface area contributed by atoms with Crippen LogP contribution >= 0.6 is 0 Å². The minimum atomic E-state index is -3.97. The molecule has 2 heterocycles. The van der Waals surface area contributed by atoms with Crippen LogP contribution in [0.25, 0.3) is 0 Å². The molecule has 0 spiro atoms. The Hall–Kier alpha value is -3.12. The van der Waals surface area contributed by atoms with Gasteiger partial charge in [-0.3, -0.25) is 14.4 Å². The lowest BCUT2D eigenvalue weighted by Gasteiger charge is -2.24. The lowest BCUT2D eigenvalue weighted by Crippen LogP contribution is -2.55. The number of carbonyl (C=O) groups is 3. The van der Waals surface area contributed by atoms with Gasteiger partial charge < -0.3 is 15.2 Å². The van der Waals surface area contributed by atoms with Gasteiger partial charge in [0.05, 0.1) is 17.5 Å². The molecule has 11 nitrogen and oxygen atoms in total. The number of ketones is 1. The fraction of sp³-hybridized carbons (Fsp3) is 0.421. The van der Waals surface area contributed by atoms with Crippen LogP contribution in [-0.2, 0) is 37.4 Å². The van der Waals surface area contributed by atoms with Crippen molar-refractivity contribution in [3.8, 4) is 0 Å². The molecule has 2 unspecified atom stereocenters. The number of Topliss-reactive ketones (excluding diaryl/α,β-unsaturated/α-hetero) is 1. The zero-order valence-electron chi connectivity index (χ0n) is 17.0. The van der Waals surface area contributed by atoms with Crippen molar-refractivity contribution in [2.45, 2.75) is 50.2 Å². The van der Waals surface area contributed by atoms with E-state index in [4.69, 9.17) is 4.52 Å². The molecule has 31 heavy (non-hydrogen) atoms. The van der Waals surface area contributed by atoms with Gasteiger partial charge in [0.1, 0.15) is 11.7 Å². The van der Waals surface area contributed by atoms with Crippen LogP contribution in [0, 0.1) is 5.92 Å². The smallest absolute Gasteiger partial charge is 0.289 e. The molecule has 12 heteroatoms. The number of amides is 2. The monoisotopic (exact) mass is 449 g/mol. The lowest BCUT2D eigenvalue weighted by molar-refractivity contribution is -0.140. The first-order chi connectivity index (χ1) is 14.7. The molecule has 0 saturated carbocycles. The van der Waals surface area contributed by atoms with E-state index in [1.54, 1.807) is 32.0 Å². The molecule has 1 aromatic heterocycles. The van der Waals surface area contributed by atoms with Crippen molar-refractivity contribution < 1.29 is 27.3 Å². The van der Waals surface area contributed by atoms with E-state index >= 15 is 0 Å². The molecule has 1 aliphatic rings. The number of aryl methyl sites for hydroxylation is 1. The largest absolute Gasteiger partial charge is 0.344 e. The maximum atomic E-state index is 12.9. The standard InChI is InChI=1S/C19H23N5O6S/c1-11(2)16(23-31(28,29)12-6-4-3-5-7-12)18(26)21-13-8-9-15-14(22-24-30-15)10-20-19(27)17(13)25/h3-7,11,13,16,23H,8-10H2,1-2H3,(H,20,27)(H,21,26). The Morgan fingerprint density at radius 2 is 1.94 bits per heavy atom. The van der Waals surface area contributed by atoms with Crippen molar-refractivity contribution in [3.05, 3.63) is 41.8 Å². The number of carbonyl (C=O) groups excluding carboxylic acids is 3. The van der Waals surface area contributed by atoms with Crippen LogP contribution in [0.2, 0.25) is 0 Å². The minimum Gasteiger partial charge on any atom is -0.344 e. The minimum absolute atomic E-state index is 0.0108. The molecule has 2 aromatic rings. The predicted octanol–water partition coefficient (Wildman–Crippen LogP) is -0.311. The fourth-order valence-corrected chi connectivity index (χ4v) is 4.46. The highest BCUT2D eigenvalue weighted by Gasteiger charge is 2.34. The molecule has 0 aliphatic carbocycles. The predicted molar refractivity (Wildman–Crippen MR) is 107 cm³/mol. The second kappa shape index (κ2) is 9.35. The Balaban J connectivity index is 1.77. The molecule has 166 valence electrons. The third kappa shape index (κ3) is 5.33. The van der Waals surface area contributed by atoms with Crippen LogP contribution in [-0.4, -0.2) is 48.5 Å². The summed E-state index contributed by atoms with van der Waals surface area (Å²) in [6, 6.07) is 5.32. The highest BCUT2D eigenvalue weighted by atomic mass is 32.2. The van der Waals surface area contributed by atoms with Gasteiger partial charge in [0.25, 0.3) is 5.91 Å². The SMILES string of the molecule is CC(C)C(NS(=O)(=O)c1ccccc1)C(=O)NC1CCc2onnc2CNC(=O)C1=O. The van der Waals surface area contributed by atoms with Crippen molar-refractivity contribution >= 4 is 27.6 Å². The molecule has 0 saturated heterocycles.